The Hall–Kier alpha value is -3.06. The summed E-state index contributed by atoms with van der Waals surface area (Å²) < 4.78 is 4.77. The van der Waals surface area contributed by atoms with Crippen LogP contribution in [0.4, 0.5) is 0 Å². The van der Waals surface area contributed by atoms with Crippen molar-refractivity contribution < 1.29 is 0 Å². The highest BCUT2D eigenvalue weighted by Crippen LogP contribution is 2.30. The molecule has 0 atom stereocenters. The molecule has 0 bridgehead atoms. The topological polar surface area (TPSA) is 60.9 Å². The number of halogens is 1. The lowest BCUT2D eigenvalue weighted by Gasteiger charge is -2.06. The summed E-state index contributed by atoms with van der Waals surface area (Å²) in [5.74, 6) is 1.54. The van der Waals surface area contributed by atoms with Crippen molar-refractivity contribution in [2.24, 2.45) is 0 Å². The van der Waals surface area contributed by atoms with E-state index in [4.69, 9.17) is 9.97 Å². The van der Waals surface area contributed by atoms with Gasteiger partial charge in [-0.05, 0) is 60.0 Å². The lowest BCUT2D eigenvalue weighted by Crippen LogP contribution is -2.01. The number of aryl methyl sites for hydroxylation is 2. The molecule has 5 aromatic rings. The molecule has 6 nitrogen and oxygen atoms in total. The molecule has 0 fully saturated rings. The number of hydrogen-bond acceptors (Lipinski definition) is 4. The second-order valence-electron chi connectivity index (χ2n) is 6.84. The number of hydrogen-bond donors (Lipinski definition) is 0. The van der Waals surface area contributed by atoms with E-state index < -0.39 is 0 Å². The Morgan fingerprint density at radius 3 is 2.50 bits per heavy atom. The van der Waals surface area contributed by atoms with Crippen molar-refractivity contribution in [3.63, 3.8) is 0 Å². The third kappa shape index (κ3) is 2.46. The molecule has 0 saturated carbocycles. The van der Waals surface area contributed by atoms with Crippen molar-refractivity contribution in [2.75, 3.05) is 0 Å². The summed E-state index contributed by atoms with van der Waals surface area (Å²) in [6.07, 6.45) is 3.52. The minimum Gasteiger partial charge on any atom is -0.282 e. The van der Waals surface area contributed by atoms with Crippen molar-refractivity contribution in [2.45, 2.75) is 20.8 Å². The highest BCUT2D eigenvalue weighted by Gasteiger charge is 2.20. The molecule has 0 amide bonds. The van der Waals surface area contributed by atoms with E-state index in [0.29, 0.717) is 5.82 Å². The van der Waals surface area contributed by atoms with Crippen molar-refractivity contribution in [3.05, 3.63) is 70.2 Å². The van der Waals surface area contributed by atoms with E-state index in [9.17, 15) is 0 Å². The lowest BCUT2D eigenvalue weighted by molar-refractivity contribution is 0.918. The summed E-state index contributed by atoms with van der Waals surface area (Å²) in [6.45, 7) is 6.24. The molecule has 0 saturated heterocycles. The maximum absolute atomic E-state index is 4.87. The van der Waals surface area contributed by atoms with Crippen LogP contribution in [0.15, 0.2) is 53.4 Å². The predicted octanol–water partition coefficient (Wildman–Crippen LogP) is 4.82. The molecule has 0 unspecified atom stereocenters. The Morgan fingerprint density at radius 1 is 0.929 bits per heavy atom. The molecule has 4 aromatic heterocycles. The maximum atomic E-state index is 4.87. The van der Waals surface area contributed by atoms with Crippen LogP contribution in [-0.4, -0.2) is 29.1 Å². The molecule has 0 radical (unpaired) electrons. The highest BCUT2D eigenvalue weighted by molar-refractivity contribution is 9.10. The third-order valence-electron chi connectivity index (χ3n) is 5.16. The maximum Gasteiger partial charge on any atom is 0.182 e. The minimum atomic E-state index is 0.707. The van der Waals surface area contributed by atoms with Crippen LogP contribution in [0.2, 0.25) is 0 Å². The van der Waals surface area contributed by atoms with Crippen molar-refractivity contribution >= 4 is 32.6 Å². The predicted molar refractivity (Wildman–Crippen MR) is 113 cm³/mol. The summed E-state index contributed by atoms with van der Waals surface area (Å²) in [5, 5.41) is 5.67. The van der Waals surface area contributed by atoms with Crippen LogP contribution in [0.1, 0.15) is 16.8 Å². The zero-order valence-corrected chi connectivity index (χ0v) is 17.3. The Kier molecular flexibility index (Phi) is 3.80. The van der Waals surface area contributed by atoms with E-state index in [1.165, 1.54) is 0 Å². The van der Waals surface area contributed by atoms with Gasteiger partial charge in [-0.15, -0.1) is 5.10 Å². The largest absolute Gasteiger partial charge is 0.282 e. The van der Waals surface area contributed by atoms with E-state index in [-0.39, 0.29) is 0 Å². The zero-order chi connectivity index (χ0) is 19.4. The Morgan fingerprint density at radius 2 is 1.75 bits per heavy atom. The number of rotatable bonds is 2. The quantitative estimate of drug-likeness (QED) is 0.401. The minimum absolute atomic E-state index is 0.707. The average Bonchev–Trinajstić information content (AvgIpc) is 3.23. The van der Waals surface area contributed by atoms with Gasteiger partial charge in [0.05, 0.1) is 5.39 Å². The zero-order valence-electron chi connectivity index (χ0n) is 15.7. The van der Waals surface area contributed by atoms with E-state index >= 15 is 0 Å². The van der Waals surface area contributed by atoms with Gasteiger partial charge in [0, 0.05) is 21.9 Å². The molecule has 28 heavy (non-hydrogen) atoms. The molecular weight excluding hydrogens is 416 g/mol. The van der Waals surface area contributed by atoms with E-state index in [1.54, 1.807) is 17.0 Å². The van der Waals surface area contributed by atoms with Gasteiger partial charge in [0.2, 0.25) is 0 Å². The highest BCUT2D eigenvalue weighted by atomic mass is 79.9. The number of fused-ring (bicyclic) bond motifs is 3. The Labute approximate surface area is 170 Å². The van der Waals surface area contributed by atoms with Crippen LogP contribution in [0, 0.1) is 20.8 Å². The van der Waals surface area contributed by atoms with Gasteiger partial charge in [-0.1, -0.05) is 24.3 Å². The van der Waals surface area contributed by atoms with E-state index in [2.05, 4.69) is 57.4 Å². The number of pyridine rings is 1. The Balaban J connectivity index is 1.80. The van der Waals surface area contributed by atoms with E-state index in [1.807, 2.05) is 30.3 Å². The number of benzene rings is 1. The second-order valence-corrected chi connectivity index (χ2v) is 7.76. The van der Waals surface area contributed by atoms with Crippen LogP contribution in [0.25, 0.3) is 33.9 Å². The smallest absolute Gasteiger partial charge is 0.182 e. The standard InChI is InChI=1S/C21H17BrN6/c1-12-6-4-5-7-16(12)19-25-21-18-13(2)14(3)28(17-9-8-15(22)10-23-17)20(18)24-11-27(21)26-19/h4-11H,1-3H3. The SMILES string of the molecule is Cc1ccccc1-c1nc2c3c(C)c(C)n(-c4ccc(Br)cn4)c3ncn2n1. The van der Waals surface area contributed by atoms with Gasteiger partial charge in [-0.25, -0.2) is 19.5 Å². The first-order valence-electron chi connectivity index (χ1n) is 8.95. The van der Waals surface area contributed by atoms with Crippen LogP contribution in [0.5, 0.6) is 0 Å². The normalized spacial score (nSPS) is 11.6. The van der Waals surface area contributed by atoms with Gasteiger partial charge in [0.1, 0.15) is 12.1 Å². The fraction of sp³-hybridized carbons (Fsp3) is 0.143. The first-order chi connectivity index (χ1) is 13.5. The molecule has 0 aliphatic rings. The van der Waals surface area contributed by atoms with Crippen LogP contribution >= 0.6 is 15.9 Å². The molecule has 0 N–H and O–H groups in total. The van der Waals surface area contributed by atoms with Crippen molar-refractivity contribution in [3.8, 4) is 17.2 Å². The number of nitrogens with zero attached hydrogens (tertiary/aromatic N) is 6. The molecule has 4 heterocycles. The van der Waals surface area contributed by atoms with Crippen molar-refractivity contribution in [1.29, 1.82) is 0 Å². The fourth-order valence-corrected chi connectivity index (χ4v) is 3.81. The summed E-state index contributed by atoms with van der Waals surface area (Å²) in [5.41, 5.74) is 6.03. The summed E-state index contributed by atoms with van der Waals surface area (Å²) in [4.78, 5) is 14.1. The van der Waals surface area contributed by atoms with Gasteiger partial charge in [-0.3, -0.25) is 4.57 Å². The van der Waals surface area contributed by atoms with Gasteiger partial charge in [-0.2, -0.15) is 0 Å². The van der Waals surface area contributed by atoms with Gasteiger partial charge in [0.25, 0.3) is 0 Å². The monoisotopic (exact) mass is 432 g/mol. The summed E-state index contributed by atoms with van der Waals surface area (Å²) in [6, 6.07) is 12.1. The first-order valence-corrected chi connectivity index (χ1v) is 9.75. The molecule has 0 spiro atoms. The molecule has 0 aliphatic heterocycles. The van der Waals surface area contributed by atoms with Crippen LogP contribution in [0.3, 0.4) is 0 Å². The molecule has 5 rings (SSSR count). The first kappa shape index (κ1) is 17.1. The Bertz CT molecular complexity index is 1350. The second kappa shape index (κ2) is 6.24. The van der Waals surface area contributed by atoms with Crippen LogP contribution in [-0.2, 0) is 0 Å². The number of aromatic nitrogens is 6. The molecule has 7 heteroatoms. The summed E-state index contributed by atoms with van der Waals surface area (Å²) in [7, 11) is 0. The average molecular weight is 433 g/mol. The molecular formula is C21H17BrN6. The fourth-order valence-electron chi connectivity index (χ4n) is 3.58. The van der Waals surface area contributed by atoms with Crippen LogP contribution < -0.4 is 0 Å². The molecule has 1 aromatic carbocycles. The van der Waals surface area contributed by atoms with Gasteiger partial charge in [0.15, 0.2) is 17.1 Å². The molecule has 0 aliphatic carbocycles. The summed E-state index contributed by atoms with van der Waals surface area (Å²) >= 11 is 3.45. The third-order valence-corrected chi connectivity index (χ3v) is 5.63. The van der Waals surface area contributed by atoms with Crippen molar-refractivity contribution in [1.82, 2.24) is 29.1 Å². The van der Waals surface area contributed by atoms with Gasteiger partial charge < -0.3 is 0 Å². The molecule has 138 valence electrons. The lowest BCUT2D eigenvalue weighted by atomic mass is 10.1. The van der Waals surface area contributed by atoms with E-state index in [0.717, 1.165) is 49.4 Å². The van der Waals surface area contributed by atoms with Gasteiger partial charge >= 0.3 is 0 Å².